The van der Waals surface area contributed by atoms with Gasteiger partial charge in [-0.3, -0.25) is 4.79 Å². The van der Waals surface area contributed by atoms with Gasteiger partial charge in [-0.15, -0.1) is 11.8 Å². The van der Waals surface area contributed by atoms with Gasteiger partial charge in [0, 0.05) is 21.6 Å². The van der Waals surface area contributed by atoms with Crippen molar-refractivity contribution in [3.8, 4) is 0 Å². The van der Waals surface area contributed by atoms with E-state index >= 15 is 0 Å². The van der Waals surface area contributed by atoms with Crippen LogP contribution >= 0.6 is 23.4 Å². The number of carbonyl (C=O) groups is 1. The number of nitrogens with one attached hydrogen (secondary N) is 1. The van der Waals surface area contributed by atoms with E-state index in [-0.39, 0.29) is 17.9 Å². The van der Waals surface area contributed by atoms with Crippen LogP contribution in [0.25, 0.3) is 0 Å². The minimum absolute atomic E-state index is 0.142. The maximum Gasteiger partial charge on any atom is 0.223 e. The van der Waals surface area contributed by atoms with Gasteiger partial charge in [-0.25, -0.2) is 0 Å². The first-order valence-electron chi connectivity index (χ1n) is 6.96. The van der Waals surface area contributed by atoms with E-state index in [0.717, 1.165) is 30.0 Å². The highest BCUT2D eigenvalue weighted by Gasteiger charge is 2.27. The molecule has 1 saturated carbocycles. The van der Waals surface area contributed by atoms with Gasteiger partial charge in [0.1, 0.15) is 0 Å². The molecule has 1 heterocycles. The average molecular weight is 296 g/mol. The molecule has 1 aromatic rings. The third kappa shape index (κ3) is 2.92. The molecular formula is C15H18ClNOS. The third-order valence-electron chi connectivity index (χ3n) is 4.05. The molecule has 0 radical (unpaired) electrons. The standard InChI is InChI=1S/C15H18ClNOS/c16-11-5-6-14-12(9-11)13(7-8-19-14)17-15(18)10-3-1-2-4-10/h5-6,9-10,13H,1-4,7-8H2,(H,17,18). The van der Waals surface area contributed by atoms with Gasteiger partial charge in [0.25, 0.3) is 0 Å². The van der Waals surface area contributed by atoms with Crippen LogP contribution in [-0.2, 0) is 4.79 Å². The topological polar surface area (TPSA) is 29.1 Å². The second-order valence-electron chi connectivity index (χ2n) is 5.36. The Morgan fingerprint density at radius 3 is 2.84 bits per heavy atom. The number of rotatable bonds is 2. The first-order valence-corrected chi connectivity index (χ1v) is 8.33. The molecule has 1 N–H and O–H groups in total. The third-order valence-corrected chi connectivity index (χ3v) is 5.41. The van der Waals surface area contributed by atoms with E-state index in [2.05, 4.69) is 11.4 Å². The van der Waals surface area contributed by atoms with Gasteiger partial charge in [0.05, 0.1) is 6.04 Å². The number of benzene rings is 1. The quantitative estimate of drug-likeness (QED) is 0.886. The Morgan fingerprint density at radius 2 is 2.05 bits per heavy atom. The van der Waals surface area contributed by atoms with Crippen molar-refractivity contribution in [2.45, 2.75) is 43.0 Å². The molecule has 2 nitrogen and oxygen atoms in total. The van der Waals surface area contributed by atoms with E-state index in [9.17, 15) is 4.79 Å². The number of fused-ring (bicyclic) bond motifs is 1. The molecule has 1 aliphatic heterocycles. The summed E-state index contributed by atoms with van der Waals surface area (Å²) in [5.41, 5.74) is 1.19. The number of halogens is 1. The van der Waals surface area contributed by atoms with Crippen molar-refractivity contribution in [1.29, 1.82) is 0 Å². The van der Waals surface area contributed by atoms with Crippen LogP contribution in [-0.4, -0.2) is 11.7 Å². The van der Waals surface area contributed by atoms with Crippen LogP contribution in [0.15, 0.2) is 23.1 Å². The second kappa shape index (κ2) is 5.76. The van der Waals surface area contributed by atoms with Crippen molar-refractivity contribution in [2.75, 3.05) is 5.75 Å². The van der Waals surface area contributed by atoms with Crippen molar-refractivity contribution in [2.24, 2.45) is 5.92 Å². The molecule has 0 aromatic heterocycles. The number of amides is 1. The zero-order chi connectivity index (χ0) is 13.2. The monoisotopic (exact) mass is 295 g/mol. The van der Waals surface area contributed by atoms with Gasteiger partial charge < -0.3 is 5.32 Å². The number of carbonyl (C=O) groups excluding carboxylic acids is 1. The highest BCUT2D eigenvalue weighted by atomic mass is 35.5. The summed E-state index contributed by atoms with van der Waals surface area (Å²) < 4.78 is 0. The highest BCUT2D eigenvalue weighted by molar-refractivity contribution is 7.99. The molecule has 3 rings (SSSR count). The molecule has 1 aromatic carbocycles. The van der Waals surface area contributed by atoms with E-state index in [1.165, 1.54) is 23.3 Å². The van der Waals surface area contributed by atoms with E-state index < -0.39 is 0 Å². The van der Waals surface area contributed by atoms with Gasteiger partial charge in [0.15, 0.2) is 0 Å². The summed E-state index contributed by atoms with van der Waals surface area (Å²) >= 11 is 7.93. The molecule has 0 bridgehead atoms. The van der Waals surface area contributed by atoms with E-state index in [1.54, 1.807) is 0 Å². The largest absolute Gasteiger partial charge is 0.349 e. The zero-order valence-electron chi connectivity index (χ0n) is 10.8. The SMILES string of the molecule is O=C(NC1CCSc2ccc(Cl)cc21)C1CCCC1. The molecule has 19 heavy (non-hydrogen) atoms. The summed E-state index contributed by atoms with van der Waals surface area (Å²) in [6.07, 6.45) is 5.49. The van der Waals surface area contributed by atoms with Crippen molar-refractivity contribution >= 4 is 29.3 Å². The summed E-state index contributed by atoms with van der Waals surface area (Å²) in [7, 11) is 0. The van der Waals surface area contributed by atoms with Crippen molar-refractivity contribution in [3.63, 3.8) is 0 Å². The van der Waals surface area contributed by atoms with Crippen LogP contribution in [0, 0.1) is 5.92 Å². The Morgan fingerprint density at radius 1 is 1.26 bits per heavy atom. The smallest absolute Gasteiger partial charge is 0.223 e. The lowest BCUT2D eigenvalue weighted by Crippen LogP contribution is -2.34. The molecule has 0 saturated heterocycles. The van der Waals surface area contributed by atoms with Crippen LogP contribution < -0.4 is 5.32 Å². The Hall–Kier alpha value is -0.670. The summed E-state index contributed by atoms with van der Waals surface area (Å²) in [4.78, 5) is 13.5. The highest BCUT2D eigenvalue weighted by Crippen LogP contribution is 2.38. The summed E-state index contributed by atoms with van der Waals surface area (Å²) in [5.74, 6) is 1.53. The molecule has 1 fully saturated rings. The van der Waals surface area contributed by atoms with Gasteiger partial charge in [-0.1, -0.05) is 24.4 Å². The minimum atomic E-state index is 0.142. The fourth-order valence-corrected chi connectivity index (χ4v) is 4.28. The van der Waals surface area contributed by atoms with Crippen molar-refractivity contribution in [3.05, 3.63) is 28.8 Å². The average Bonchev–Trinajstić information content (AvgIpc) is 2.93. The predicted octanol–water partition coefficient (Wildman–Crippen LogP) is 4.18. The number of thioether (sulfide) groups is 1. The maximum absolute atomic E-state index is 12.3. The van der Waals surface area contributed by atoms with Crippen molar-refractivity contribution < 1.29 is 4.79 Å². The van der Waals surface area contributed by atoms with Crippen LogP contribution in [0.2, 0.25) is 5.02 Å². The van der Waals surface area contributed by atoms with E-state index in [0.29, 0.717) is 0 Å². The first kappa shape index (κ1) is 13.3. The molecule has 0 spiro atoms. The summed E-state index contributed by atoms with van der Waals surface area (Å²) in [6, 6.07) is 6.14. The van der Waals surface area contributed by atoms with Crippen LogP contribution in [0.4, 0.5) is 0 Å². The zero-order valence-corrected chi connectivity index (χ0v) is 12.4. The van der Waals surface area contributed by atoms with Gasteiger partial charge in [0.2, 0.25) is 5.91 Å². The number of hydrogen-bond donors (Lipinski definition) is 1. The lowest BCUT2D eigenvalue weighted by molar-refractivity contribution is -0.125. The molecule has 4 heteroatoms. The Balaban J connectivity index is 1.75. The maximum atomic E-state index is 12.3. The van der Waals surface area contributed by atoms with Crippen molar-refractivity contribution in [1.82, 2.24) is 5.32 Å². The van der Waals surface area contributed by atoms with Crippen LogP contribution in [0.3, 0.4) is 0 Å². The number of hydrogen-bond acceptors (Lipinski definition) is 2. The Kier molecular flexibility index (Phi) is 4.04. The lowest BCUT2D eigenvalue weighted by atomic mass is 10.0. The van der Waals surface area contributed by atoms with Gasteiger partial charge in [-0.2, -0.15) is 0 Å². The van der Waals surface area contributed by atoms with E-state index in [4.69, 9.17) is 11.6 Å². The van der Waals surface area contributed by atoms with Crippen LogP contribution in [0.5, 0.6) is 0 Å². The first-order chi connectivity index (χ1) is 9.24. The molecule has 1 aliphatic carbocycles. The predicted molar refractivity (Wildman–Crippen MR) is 79.6 cm³/mol. The molecule has 1 unspecified atom stereocenters. The molecule has 1 atom stereocenters. The van der Waals surface area contributed by atoms with Gasteiger partial charge in [-0.05, 0) is 43.0 Å². The molecular weight excluding hydrogens is 278 g/mol. The fourth-order valence-electron chi connectivity index (χ4n) is 2.99. The van der Waals surface area contributed by atoms with Gasteiger partial charge >= 0.3 is 0 Å². The Bertz CT molecular complexity index is 485. The fraction of sp³-hybridized carbons (Fsp3) is 0.533. The van der Waals surface area contributed by atoms with E-state index in [1.807, 2.05) is 23.9 Å². The summed E-state index contributed by atoms with van der Waals surface area (Å²) in [5, 5.41) is 3.98. The normalized spacial score (nSPS) is 23.1. The summed E-state index contributed by atoms with van der Waals surface area (Å²) in [6.45, 7) is 0. The Labute approximate surface area is 123 Å². The second-order valence-corrected chi connectivity index (χ2v) is 6.94. The molecule has 1 amide bonds. The molecule has 2 aliphatic rings. The molecule has 102 valence electrons. The van der Waals surface area contributed by atoms with Crippen LogP contribution in [0.1, 0.15) is 43.7 Å². The minimum Gasteiger partial charge on any atom is -0.349 e. The lowest BCUT2D eigenvalue weighted by Gasteiger charge is -2.27.